The molecule has 2 bridgehead atoms. The Morgan fingerprint density at radius 1 is 1.20 bits per heavy atom. The number of hydrogen-bond acceptors (Lipinski definition) is 3. The molecule has 1 N–H and O–H groups in total. The number of amides is 1. The number of anilines is 1. The Hall–Kier alpha value is -1.91. The van der Waals surface area contributed by atoms with Crippen LogP contribution in [0.5, 0.6) is 0 Å². The highest BCUT2D eigenvalue weighted by Crippen LogP contribution is 2.68. The van der Waals surface area contributed by atoms with E-state index in [2.05, 4.69) is 25.1 Å². The summed E-state index contributed by atoms with van der Waals surface area (Å²) in [7, 11) is 0. The number of aliphatic hydroxyl groups excluding tert-OH is 1. The van der Waals surface area contributed by atoms with Gasteiger partial charge in [-0.1, -0.05) is 43.3 Å². The Labute approximate surface area is 146 Å². The van der Waals surface area contributed by atoms with Crippen LogP contribution in [-0.4, -0.2) is 28.9 Å². The number of aliphatic hydroxyl groups is 1. The number of ether oxygens (including phenoxy) is 1. The summed E-state index contributed by atoms with van der Waals surface area (Å²) in [4.78, 5) is 15.5. The third-order valence-electron chi connectivity index (χ3n) is 7.31. The predicted octanol–water partition coefficient (Wildman–Crippen LogP) is 2.93. The fourth-order valence-corrected chi connectivity index (χ4v) is 6.49. The van der Waals surface area contributed by atoms with Gasteiger partial charge in [0.15, 0.2) is 5.72 Å². The Morgan fingerprint density at radius 2 is 2.00 bits per heavy atom. The SMILES string of the molecule is CCC12OC3C(O)C4CC3C1C4C(=O)N2c1cccc2ccccc12. The van der Waals surface area contributed by atoms with Gasteiger partial charge in [-0.25, -0.2) is 0 Å². The molecule has 2 aromatic carbocycles. The first-order valence-corrected chi connectivity index (χ1v) is 9.35. The van der Waals surface area contributed by atoms with Crippen molar-refractivity contribution < 1.29 is 14.6 Å². The molecule has 0 spiro atoms. The topological polar surface area (TPSA) is 49.8 Å². The number of hydrogen-bond donors (Lipinski definition) is 1. The molecule has 7 atom stereocenters. The van der Waals surface area contributed by atoms with Crippen molar-refractivity contribution in [2.75, 3.05) is 4.90 Å². The van der Waals surface area contributed by atoms with Gasteiger partial charge in [0.05, 0.1) is 23.8 Å². The molecule has 4 nitrogen and oxygen atoms in total. The molecule has 0 aromatic heterocycles. The second-order valence-electron chi connectivity index (χ2n) is 8.06. The van der Waals surface area contributed by atoms with Crippen LogP contribution < -0.4 is 4.90 Å². The van der Waals surface area contributed by atoms with Crippen molar-refractivity contribution in [2.45, 2.75) is 37.7 Å². The molecule has 4 aliphatic rings. The Kier molecular flexibility index (Phi) is 2.53. The van der Waals surface area contributed by atoms with Crippen LogP contribution in [0.2, 0.25) is 0 Å². The Morgan fingerprint density at radius 3 is 2.84 bits per heavy atom. The summed E-state index contributed by atoms with van der Waals surface area (Å²) in [5.74, 6) is 0.683. The highest BCUT2D eigenvalue weighted by Gasteiger charge is 2.78. The molecule has 2 aromatic rings. The molecule has 2 aliphatic carbocycles. The minimum atomic E-state index is -0.590. The molecule has 2 saturated heterocycles. The average molecular weight is 335 g/mol. The lowest BCUT2D eigenvalue weighted by molar-refractivity contribution is -0.132. The zero-order valence-corrected chi connectivity index (χ0v) is 14.1. The van der Waals surface area contributed by atoms with Crippen LogP contribution in [0.25, 0.3) is 10.8 Å². The van der Waals surface area contributed by atoms with Gasteiger partial charge in [0, 0.05) is 11.3 Å². The summed E-state index contributed by atoms with van der Waals surface area (Å²) in [6.07, 6.45) is 1.13. The molecular weight excluding hydrogens is 314 g/mol. The van der Waals surface area contributed by atoms with Gasteiger partial charge >= 0.3 is 0 Å². The van der Waals surface area contributed by atoms with E-state index < -0.39 is 11.8 Å². The molecule has 4 fully saturated rings. The summed E-state index contributed by atoms with van der Waals surface area (Å²) in [6.45, 7) is 2.11. The Bertz CT molecular complexity index is 906. The lowest BCUT2D eigenvalue weighted by Crippen LogP contribution is -2.51. The summed E-state index contributed by atoms with van der Waals surface area (Å²) in [5.41, 5.74) is 0.363. The van der Waals surface area contributed by atoms with Crippen molar-refractivity contribution in [3.8, 4) is 0 Å². The first-order chi connectivity index (χ1) is 12.2. The highest BCUT2D eigenvalue weighted by molar-refractivity contribution is 6.07. The van der Waals surface area contributed by atoms with Gasteiger partial charge in [0.1, 0.15) is 0 Å². The lowest BCUT2D eigenvalue weighted by Gasteiger charge is -2.39. The van der Waals surface area contributed by atoms with Gasteiger partial charge in [-0.3, -0.25) is 9.69 Å². The molecule has 2 aliphatic heterocycles. The molecule has 2 heterocycles. The lowest BCUT2D eigenvalue weighted by atomic mass is 9.76. The molecule has 6 rings (SSSR count). The number of rotatable bonds is 2. The minimum absolute atomic E-state index is 0.0703. The van der Waals surface area contributed by atoms with Gasteiger partial charge < -0.3 is 9.84 Å². The van der Waals surface area contributed by atoms with Crippen LogP contribution in [0.1, 0.15) is 19.8 Å². The largest absolute Gasteiger partial charge is 0.390 e. The van der Waals surface area contributed by atoms with E-state index in [-0.39, 0.29) is 29.8 Å². The van der Waals surface area contributed by atoms with Crippen molar-refractivity contribution >= 4 is 22.4 Å². The minimum Gasteiger partial charge on any atom is -0.390 e. The van der Waals surface area contributed by atoms with Crippen molar-refractivity contribution in [3.05, 3.63) is 42.5 Å². The van der Waals surface area contributed by atoms with E-state index in [1.54, 1.807) is 0 Å². The zero-order chi connectivity index (χ0) is 16.9. The molecule has 1 amide bonds. The molecule has 0 radical (unpaired) electrons. The van der Waals surface area contributed by atoms with Crippen LogP contribution in [0.4, 0.5) is 5.69 Å². The molecule has 2 saturated carbocycles. The van der Waals surface area contributed by atoms with Crippen molar-refractivity contribution in [1.29, 1.82) is 0 Å². The molecular formula is C21H21NO3. The average Bonchev–Trinajstić information content (AvgIpc) is 3.30. The fourth-order valence-electron chi connectivity index (χ4n) is 6.49. The quantitative estimate of drug-likeness (QED) is 0.918. The van der Waals surface area contributed by atoms with Gasteiger partial charge in [-0.2, -0.15) is 0 Å². The normalized spacial score (nSPS) is 43.6. The zero-order valence-electron chi connectivity index (χ0n) is 14.1. The predicted molar refractivity (Wildman–Crippen MR) is 93.9 cm³/mol. The maximum atomic E-state index is 13.5. The van der Waals surface area contributed by atoms with Crippen LogP contribution in [0, 0.1) is 23.7 Å². The van der Waals surface area contributed by atoms with Crippen LogP contribution >= 0.6 is 0 Å². The number of carbonyl (C=O) groups excluding carboxylic acids is 1. The third-order valence-corrected chi connectivity index (χ3v) is 7.31. The van der Waals surface area contributed by atoms with E-state index in [0.717, 1.165) is 29.3 Å². The van der Waals surface area contributed by atoms with E-state index in [0.29, 0.717) is 5.92 Å². The number of nitrogens with zero attached hydrogens (tertiary/aromatic N) is 1. The molecule has 4 heteroatoms. The van der Waals surface area contributed by atoms with Crippen molar-refractivity contribution in [1.82, 2.24) is 0 Å². The first-order valence-electron chi connectivity index (χ1n) is 9.35. The number of carbonyl (C=O) groups is 1. The number of fused-ring (bicyclic) bond motifs is 3. The maximum Gasteiger partial charge on any atom is 0.233 e. The van der Waals surface area contributed by atoms with Gasteiger partial charge in [0.2, 0.25) is 5.91 Å². The van der Waals surface area contributed by atoms with E-state index in [1.165, 1.54) is 0 Å². The smallest absolute Gasteiger partial charge is 0.233 e. The first kappa shape index (κ1) is 14.3. The van der Waals surface area contributed by atoms with Crippen molar-refractivity contribution in [2.24, 2.45) is 23.7 Å². The van der Waals surface area contributed by atoms with Gasteiger partial charge in [-0.05, 0) is 36.1 Å². The summed E-state index contributed by atoms with van der Waals surface area (Å²) < 4.78 is 6.52. The summed E-state index contributed by atoms with van der Waals surface area (Å²) >= 11 is 0. The molecule has 128 valence electrons. The standard InChI is InChI=1S/C21H21NO3/c1-2-21-17-14-10-13(18(23)19(14)25-21)16(17)20(24)22(21)15-9-5-7-11-6-3-4-8-12(11)15/h3-9,13-14,16-19,23H,2,10H2,1H3. The maximum absolute atomic E-state index is 13.5. The highest BCUT2D eigenvalue weighted by atomic mass is 16.6. The van der Waals surface area contributed by atoms with Crippen LogP contribution in [0.3, 0.4) is 0 Å². The number of benzene rings is 2. The van der Waals surface area contributed by atoms with Crippen molar-refractivity contribution in [3.63, 3.8) is 0 Å². The van der Waals surface area contributed by atoms with E-state index in [1.807, 2.05) is 29.2 Å². The van der Waals surface area contributed by atoms with E-state index in [9.17, 15) is 9.90 Å². The molecule has 25 heavy (non-hydrogen) atoms. The second-order valence-corrected chi connectivity index (χ2v) is 8.06. The summed E-state index contributed by atoms with van der Waals surface area (Å²) in [5, 5.41) is 12.8. The third kappa shape index (κ3) is 1.43. The summed E-state index contributed by atoms with van der Waals surface area (Å²) in [6, 6.07) is 14.3. The second kappa shape index (κ2) is 4.43. The van der Waals surface area contributed by atoms with Crippen LogP contribution in [-0.2, 0) is 9.53 Å². The Balaban J connectivity index is 1.59. The van der Waals surface area contributed by atoms with Gasteiger partial charge in [0.25, 0.3) is 0 Å². The fraction of sp³-hybridized carbons (Fsp3) is 0.476. The van der Waals surface area contributed by atoms with E-state index in [4.69, 9.17) is 4.74 Å². The monoisotopic (exact) mass is 335 g/mol. The van der Waals surface area contributed by atoms with E-state index >= 15 is 0 Å². The van der Waals surface area contributed by atoms with Crippen LogP contribution in [0.15, 0.2) is 42.5 Å². The van der Waals surface area contributed by atoms with Gasteiger partial charge in [-0.15, -0.1) is 0 Å². The molecule has 7 unspecified atom stereocenters.